The highest BCUT2D eigenvalue weighted by atomic mass is 32.2. The number of hydrogen-bond acceptors (Lipinski definition) is 3. The Bertz CT molecular complexity index is 836. The first-order valence-electron chi connectivity index (χ1n) is 8.64. The first kappa shape index (κ1) is 20.1. The molecule has 0 saturated heterocycles. The first-order chi connectivity index (χ1) is 12.1. The van der Waals surface area contributed by atoms with Crippen LogP contribution in [0.2, 0.25) is 0 Å². The van der Waals surface area contributed by atoms with Crippen LogP contribution in [0, 0.1) is 39.5 Å². The molecule has 0 spiro atoms. The summed E-state index contributed by atoms with van der Waals surface area (Å²) in [6, 6.07) is 8.68. The summed E-state index contributed by atoms with van der Waals surface area (Å²) in [6.07, 6.45) is 0. The monoisotopic (exact) mass is 371 g/mol. The maximum Gasteiger partial charge on any atom is 0.345 e. The van der Waals surface area contributed by atoms with Gasteiger partial charge in [-0.3, -0.25) is 0 Å². The molecule has 3 nitrogen and oxygen atoms in total. The molecule has 0 atom stereocenters. The largest absolute Gasteiger partial charge is 0.481 e. The molecule has 0 amide bonds. The van der Waals surface area contributed by atoms with Crippen LogP contribution in [0.5, 0.6) is 5.75 Å². The average molecular weight is 372 g/mol. The van der Waals surface area contributed by atoms with Crippen LogP contribution in [-0.2, 0) is 9.53 Å². The average Bonchev–Trinajstić information content (AvgIpc) is 2.84. The van der Waals surface area contributed by atoms with E-state index in [0.717, 1.165) is 16.9 Å². The van der Waals surface area contributed by atoms with Crippen molar-refractivity contribution in [2.75, 3.05) is 6.61 Å². The molecule has 1 aromatic carbocycles. The summed E-state index contributed by atoms with van der Waals surface area (Å²) in [4.78, 5) is 16.1. The van der Waals surface area contributed by atoms with Crippen LogP contribution in [0.1, 0.15) is 41.7 Å². The number of aryl methyl sites for hydroxylation is 4. The van der Waals surface area contributed by atoms with Crippen LogP contribution in [-0.4, -0.2) is 18.2 Å². The molecular weight excluding hydrogens is 344 g/mol. The second kappa shape index (κ2) is 7.97. The van der Waals surface area contributed by atoms with Gasteiger partial charge >= 0.3 is 5.97 Å². The van der Waals surface area contributed by atoms with Gasteiger partial charge < -0.3 is 9.47 Å². The molecule has 1 heterocycles. The summed E-state index contributed by atoms with van der Waals surface area (Å²) in [7, 11) is 0.0223. The number of hydrogen-bond donors (Lipinski definition) is 0. The lowest BCUT2D eigenvalue weighted by molar-refractivity contribution is -0.154. The van der Waals surface area contributed by atoms with Gasteiger partial charge in [0.1, 0.15) is 5.75 Å². The highest BCUT2D eigenvalue weighted by Gasteiger charge is 2.22. The quantitative estimate of drug-likeness (QED) is 0.402. The topological polar surface area (TPSA) is 35.5 Å². The van der Waals surface area contributed by atoms with E-state index in [4.69, 9.17) is 9.47 Å². The predicted molar refractivity (Wildman–Crippen MR) is 108 cm³/mol. The molecule has 4 heteroatoms. The SMILES string of the molecule is CC#CC(C)(C)OC(=O)COc1c(C)cc(-[s+]2c(C)ccc2C)cc1C. The minimum atomic E-state index is -0.805. The smallest absolute Gasteiger partial charge is 0.345 e. The van der Waals surface area contributed by atoms with Crippen molar-refractivity contribution >= 4 is 16.4 Å². The molecule has 2 rings (SSSR count). The number of carbonyl (C=O) groups is 1. The van der Waals surface area contributed by atoms with Gasteiger partial charge in [-0.25, -0.2) is 4.79 Å². The summed E-state index contributed by atoms with van der Waals surface area (Å²) < 4.78 is 11.1. The molecule has 1 aromatic heterocycles. The van der Waals surface area contributed by atoms with Gasteiger partial charge in [-0.2, -0.15) is 0 Å². The van der Waals surface area contributed by atoms with Crippen molar-refractivity contribution in [1.29, 1.82) is 0 Å². The molecule has 0 N–H and O–H groups in total. The normalized spacial score (nSPS) is 10.9. The van der Waals surface area contributed by atoms with Crippen molar-refractivity contribution in [3.8, 4) is 22.5 Å². The van der Waals surface area contributed by atoms with Gasteiger partial charge in [0.15, 0.2) is 26.9 Å². The Balaban J connectivity index is 2.16. The van der Waals surface area contributed by atoms with Crippen LogP contribution in [0.4, 0.5) is 0 Å². The van der Waals surface area contributed by atoms with Crippen molar-refractivity contribution in [2.45, 2.75) is 54.1 Å². The third-order valence-corrected chi connectivity index (χ3v) is 6.26. The number of esters is 1. The van der Waals surface area contributed by atoms with Gasteiger partial charge in [0.05, 0.1) is 0 Å². The molecule has 0 unspecified atom stereocenters. The lowest BCUT2D eigenvalue weighted by atomic mass is 10.1. The fraction of sp³-hybridized carbons (Fsp3) is 0.409. The number of carbonyl (C=O) groups excluding carboxylic acids is 1. The standard InChI is InChI=1S/C22H27O3S/c1-8-11-22(6,7)25-20(23)14-24-21-15(2)12-19(13-16(21)3)26-17(4)9-10-18(26)5/h9-10,12-13H,14H2,1-7H3/q+1. The first-order valence-corrected chi connectivity index (χ1v) is 9.86. The van der Waals surface area contributed by atoms with E-state index in [1.54, 1.807) is 20.8 Å². The van der Waals surface area contributed by atoms with Crippen LogP contribution in [0.25, 0.3) is 4.90 Å². The van der Waals surface area contributed by atoms with Gasteiger partial charge in [0, 0.05) is 36.5 Å². The number of ether oxygens (including phenoxy) is 2. The molecule has 0 aliphatic carbocycles. The van der Waals surface area contributed by atoms with Gasteiger partial charge in [0.25, 0.3) is 0 Å². The molecule has 0 bridgehead atoms. The van der Waals surface area contributed by atoms with Gasteiger partial charge in [-0.1, -0.05) is 5.92 Å². The number of thiophene rings is 1. The maximum absolute atomic E-state index is 12.1. The fourth-order valence-electron chi connectivity index (χ4n) is 3.02. The highest BCUT2D eigenvalue weighted by Crippen LogP contribution is 2.41. The minimum absolute atomic E-state index is 0.0223. The number of rotatable bonds is 5. The summed E-state index contributed by atoms with van der Waals surface area (Å²) in [5, 5.41) is 0. The van der Waals surface area contributed by atoms with E-state index in [9.17, 15) is 4.79 Å². The maximum atomic E-state index is 12.1. The van der Waals surface area contributed by atoms with Crippen molar-refractivity contribution < 1.29 is 14.3 Å². The highest BCUT2D eigenvalue weighted by molar-refractivity contribution is 7.39. The van der Waals surface area contributed by atoms with Crippen LogP contribution >= 0.6 is 10.5 Å². The molecule has 0 radical (unpaired) electrons. The van der Waals surface area contributed by atoms with Crippen molar-refractivity contribution in [2.24, 2.45) is 0 Å². The molecule has 138 valence electrons. The van der Waals surface area contributed by atoms with E-state index in [0.29, 0.717) is 0 Å². The number of benzene rings is 1. The fourth-order valence-corrected chi connectivity index (χ4v) is 5.27. The summed E-state index contributed by atoms with van der Waals surface area (Å²) in [5.74, 6) is 5.96. The Hall–Kier alpha value is -2.25. The summed E-state index contributed by atoms with van der Waals surface area (Å²) in [6.45, 7) is 13.5. The molecule has 0 aliphatic rings. The lowest BCUT2D eigenvalue weighted by Crippen LogP contribution is -2.29. The van der Waals surface area contributed by atoms with Crippen LogP contribution in [0.3, 0.4) is 0 Å². The van der Waals surface area contributed by atoms with E-state index >= 15 is 0 Å². The Morgan fingerprint density at radius 1 is 1.08 bits per heavy atom. The van der Waals surface area contributed by atoms with Crippen LogP contribution < -0.4 is 4.74 Å². The van der Waals surface area contributed by atoms with Gasteiger partial charge in [-0.15, -0.1) is 5.92 Å². The Kier molecular flexibility index (Phi) is 6.15. The zero-order chi connectivity index (χ0) is 19.5. The Labute approximate surface area is 159 Å². The van der Waals surface area contributed by atoms with Crippen LogP contribution in [0.15, 0.2) is 24.3 Å². The zero-order valence-electron chi connectivity index (χ0n) is 16.6. The van der Waals surface area contributed by atoms with Crippen molar-refractivity contribution in [1.82, 2.24) is 0 Å². The summed E-state index contributed by atoms with van der Waals surface area (Å²) in [5.41, 5.74) is 1.25. The third kappa shape index (κ3) is 4.68. The molecule has 0 saturated carbocycles. The van der Waals surface area contributed by atoms with Crippen molar-refractivity contribution in [3.05, 3.63) is 45.1 Å². The molecule has 0 fully saturated rings. The van der Waals surface area contributed by atoms with E-state index in [2.05, 4.69) is 50.0 Å². The van der Waals surface area contributed by atoms with Gasteiger partial charge in [0.2, 0.25) is 0 Å². The Morgan fingerprint density at radius 2 is 1.62 bits per heavy atom. The second-order valence-corrected chi connectivity index (χ2v) is 9.27. The van der Waals surface area contributed by atoms with Gasteiger partial charge in [-0.05, 0) is 57.9 Å². The third-order valence-electron chi connectivity index (χ3n) is 4.00. The van der Waals surface area contributed by atoms with E-state index in [-0.39, 0.29) is 17.1 Å². The second-order valence-electron chi connectivity index (χ2n) is 6.90. The van der Waals surface area contributed by atoms with E-state index in [1.165, 1.54) is 14.6 Å². The van der Waals surface area contributed by atoms with E-state index in [1.807, 2.05) is 13.8 Å². The lowest BCUT2D eigenvalue weighted by Gasteiger charge is -2.19. The van der Waals surface area contributed by atoms with Crippen molar-refractivity contribution in [3.63, 3.8) is 0 Å². The summed E-state index contributed by atoms with van der Waals surface area (Å²) >= 11 is 0. The molecule has 26 heavy (non-hydrogen) atoms. The molecule has 0 aliphatic heterocycles. The predicted octanol–water partition coefficient (Wildman–Crippen LogP) is 5.38. The molecule has 2 aromatic rings. The Morgan fingerprint density at radius 3 is 2.12 bits per heavy atom. The van der Waals surface area contributed by atoms with E-state index < -0.39 is 11.6 Å². The molecular formula is C22H27O3S+. The zero-order valence-corrected chi connectivity index (χ0v) is 17.5. The minimum Gasteiger partial charge on any atom is -0.481 e.